The lowest BCUT2D eigenvalue weighted by Crippen LogP contribution is -2.15. The van der Waals surface area contributed by atoms with E-state index >= 15 is 0 Å². The standard InChI is InChI=1S/C15H16N2O2/c1-11(2)19-14-9-4-3-7-12(14)17-15(18)13-8-5-6-10-16-13/h3-11H,1-2H3,(H,17,18). The van der Waals surface area contributed by atoms with Crippen LogP contribution in [0.4, 0.5) is 5.69 Å². The van der Waals surface area contributed by atoms with Crippen LogP contribution in [0.3, 0.4) is 0 Å². The number of rotatable bonds is 4. The molecule has 19 heavy (non-hydrogen) atoms. The molecule has 1 aromatic heterocycles. The van der Waals surface area contributed by atoms with Crippen molar-refractivity contribution in [3.8, 4) is 5.75 Å². The molecular formula is C15H16N2O2. The van der Waals surface area contributed by atoms with Crippen molar-refractivity contribution in [1.82, 2.24) is 4.98 Å². The molecule has 2 aromatic rings. The average Bonchev–Trinajstić information content (AvgIpc) is 2.41. The molecule has 0 aliphatic carbocycles. The Hall–Kier alpha value is -2.36. The molecule has 0 aliphatic heterocycles. The number of pyridine rings is 1. The second-order valence-electron chi connectivity index (χ2n) is 4.33. The van der Waals surface area contributed by atoms with Crippen LogP contribution in [-0.2, 0) is 0 Å². The first-order valence-corrected chi connectivity index (χ1v) is 6.15. The van der Waals surface area contributed by atoms with Gasteiger partial charge in [0.15, 0.2) is 0 Å². The Morgan fingerprint density at radius 3 is 2.58 bits per heavy atom. The summed E-state index contributed by atoms with van der Waals surface area (Å²) in [5, 5.41) is 2.81. The summed E-state index contributed by atoms with van der Waals surface area (Å²) in [7, 11) is 0. The fourth-order valence-electron chi connectivity index (χ4n) is 1.61. The third-order valence-corrected chi connectivity index (χ3v) is 2.40. The molecule has 0 atom stereocenters. The van der Waals surface area contributed by atoms with Crippen LogP contribution in [0, 0.1) is 0 Å². The molecule has 0 fully saturated rings. The van der Waals surface area contributed by atoms with Crippen molar-refractivity contribution in [2.24, 2.45) is 0 Å². The van der Waals surface area contributed by atoms with Gasteiger partial charge < -0.3 is 10.1 Å². The van der Waals surface area contributed by atoms with Gasteiger partial charge in [-0.2, -0.15) is 0 Å². The van der Waals surface area contributed by atoms with Crippen LogP contribution in [0.2, 0.25) is 0 Å². The summed E-state index contributed by atoms with van der Waals surface area (Å²) >= 11 is 0. The molecule has 1 N–H and O–H groups in total. The Labute approximate surface area is 112 Å². The number of anilines is 1. The fraction of sp³-hybridized carbons (Fsp3) is 0.200. The summed E-state index contributed by atoms with van der Waals surface area (Å²) in [5.74, 6) is 0.405. The van der Waals surface area contributed by atoms with E-state index < -0.39 is 0 Å². The lowest BCUT2D eigenvalue weighted by atomic mass is 10.2. The summed E-state index contributed by atoms with van der Waals surface area (Å²) in [4.78, 5) is 16.0. The quantitative estimate of drug-likeness (QED) is 0.914. The van der Waals surface area contributed by atoms with E-state index in [1.165, 1.54) is 0 Å². The zero-order chi connectivity index (χ0) is 13.7. The monoisotopic (exact) mass is 256 g/mol. The number of carbonyl (C=O) groups excluding carboxylic acids is 1. The molecule has 0 bridgehead atoms. The van der Waals surface area contributed by atoms with Crippen molar-refractivity contribution in [3.05, 3.63) is 54.4 Å². The number of nitrogens with one attached hydrogen (secondary N) is 1. The molecular weight excluding hydrogens is 240 g/mol. The third-order valence-electron chi connectivity index (χ3n) is 2.40. The maximum absolute atomic E-state index is 12.0. The highest BCUT2D eigenvalue weighted by Gasteiger charge is 2.10. The molecule has 0 saturated carbocycles. The highest BCUT2D eigenvalue weighted by Crippen LogP contribution is 2.25. The van der Waals surface area contributed by atoms with Gasteiger partial charge in [-0.05, 0) is 38.1 Å². The molecule has 2 rings (SSSR count). The van der Waals surface area contributed by atoms with E-state index in [0.29, 0.717) is 17.1 Å². The van der Waals surface area contributed by atoms with Crippen LogP contribution in [0.1, 0.15) is 24.3 Å². The molecule has 4 nitrogen and oxygen atoms in total. The molecule has 0 unspecified atom stereocenters. The fourth-order valence-corrected chi connectivity index (χ4v) is 1.61. The zero-order valence-corrected chi connectivity index (χ0v) is 11.0. The summed E-state index contributed by atoms with van der Waals surface area (Å²) < 4.78 is 5.65. The van der Waals surface area contributed by atoms with Crippen LogP contribution in [-0.4, -0.2) is 17.0 Å². The molecule has 0 radical (unpaired) electrons. The Morgan fingerprint density at radius 1 is 1.16 bits per heavy atom. The van der Waals surface area contributed by atoms with Gasteiger partial charge in [0.25, 0.3) is 5.91 Å². The summed E-state index contributed by atoms with van der Waals surface area (Å²) in [6, 6.07) is 12.6. The zero-order valence-electron chi connectivity index (χ0n) is 11.0. The summed E-state index contributed by atoms with van der Waals surface area (Å²) in [6.45, 7) is 3.88. The summed E-state index contributed by atoms with van der Waals surface area (Å²) in [5.41, 5.74) is 1.02. The average molecular weight is 256 g/mol. The van der Waals surface area contributed by atoms with Gasteiger partial charge in [-0.1, -0.05) is 18.2 Å². The van der Waals surface area contributed by atoms with E-state index in [4.69, 9.17) is 4.74 Å². The Bertz CT molecular complexity index is 553. The topological polar surface area (TPSA) is 51.2 Å². The number of benzene rings is 1. The first-order chi connectivity index (χ1) is 9.16. The lowest BCUT2D eigenvalue weighted by molar-refractivity contribution is 0.102. The third kappa shape index (κ3) is 3.55. The molecule has 0 saturated heterocycles. The number of amides is 1. The van der Waals surface area contributed by atoms with Crippen LogP contribution in [0.5, 0.6) is 5.75 Å². The Kier molecular flexibility index (Phi) is 4.13. The Morgan fingerprint density at radius 2 is 1.89 bits per heavy atom. The van der Waals surface area contributed by atoms with Gasteiger partial charge >= 0.3 is 0 Å². The van der Waals surface area contributed by atoms with Gasteiger partial charge in [0.1, 0.15) is 11.4 Å². The number of nitrogens with zero attached hydrogens (tertiary/aromatic N) is 1. The predicted molar refractivity (Wildman–Crippen MR) is 74.4 cm³/mol. The van der Waals surface area contributed by atoms with E-state index in [1.54, 1.807) is 30.5 Å². The first-order valence-electron chi connectivity index (χ1n) is 6.15. The smallest absolute Gasteiger partial charge is 0.274 e. The molecule has 0 aliphatic rings. The van der Waals surface area contributed by atoms with Crippen LogP contribution in [0.25, 0.3) is 0 Å². The van der Waals surface area contributed by atoms with E-state index in [0.717, 1.165) is 0 Å². The van der Waals surface area contributed by atoms with Gasteiger partial charge in [0.2, 0.25) is 0 Å². The van der Waals surface area contributed by atoms with E-state index in [1.807, 2.05) is 32.0 Å². The van der Waals surface area contributed by atoms with Gasteiger partial charge in [0.05, 0.1) is 11.8 Å². The lowest BCUT2D eigenvalue weighted by Gasteiger charge is -2.14. The predicted octanol–water partition coefficient (Wildman–Crippen LogP) is 3.12. The molecule has 1 aromatic carbocycles. The van der Waals surface area contributed by atoms with Crippen LogP contribution in [0.15, 0.2) is 48.7 Å². The molecule has 4 heteroatoms. The Balaban J connectivity index is 2.17. The minimum atomic E-state index is -0.250. The van der Waals surface area contributed by atoms with Crippen molar-refractivity contribution in [2.45, 2.75) is 20.0 Å². The number of hydrogen-bond acceptors (Lipinski definition) is 3. The molecule has 0 spiro atoms. The number of ether oxygens (including phenoxy) is 1. The summed E-state index contributed by atoms with van der Waals surface area (Å²) in [6.07, 6.45) is 1.64. The normalized spacial score (nSPS) is 10.3. The van der Waals surface area contributed by atoms with Crippen molar-refractivity contribution < 1.29 is 9.53 Å². The maximum atomic E-state index is 12.0. The molecule has 98 valence electrons. The molecule has 1 heterocycles. The first kappa shape index (κ1) is 13.1. The van der Waals surface area contributed by atoms with Crippen molar-refractivity contribution in [3.63, 3.8) is 0 Å². The second kappa shape index (κ2) is 6.00. The maximum Gasteiger partial charge on any atom is 0.274 e. The second-order valence-corrected chi connectivity index (χ2v) is 4.33. The van der Waals surface area contributed by atoms with Gasteiger partial charge in [-0.3, -0.25) is 9.78 Å². The largest absolute Gasteiger partial charge is 0.489 e. The SMILES string of the molecule is CC(C)Oc1ccccc1NC(=O)c1ccccn1. The number of carbonyl (C=O) groups is 1. The van der Waals surface area contributed by atoms with Gasteiger partial charge in [-0.25, -0.2) is 0 Å². The van der Waals surface area contributed by atoms with E-state index in [9.17, 15) is 4.79 Å². The number of aromatic nitrogens is 1. The van der Waals surface area contributed by atoms with E-state index in [-0.39, 0.29) is 12.0 Å². The minimum Gasteiger partial charge on any atom is -0.489 e. The highest BCUT2D eigenvalue weighted by molar-refractivity contribution is 6.03. The van der Waals surface area contributed by atoms with Gasteiger partial charge in [-0.15, -0.1) is 0 Å². The van der Waals surface area contributed by atoms with Crippen LogP contribution < -0.4 is 10.1 Å². The van der Waals surface area contributed by atoms with Crippen molar-refractivity contribution >= 4 is 11.6 Å². The van der Waals surface area contributed by atoms with Gasteiger partial charge in [0, 0.05) is 6.20 Å². The minimum absolute atomic E-state index is 0.0490. The van der Waals surface area contributed by atoms with Crippen molar-refractivity contribution in [1.29, 1.82) is 0 Å². The number of para-hydroxylation sites is 2. The molecule has 1 amide bonds. The van der Waals surface area contributed by atoms with Crippen LogP contribution >= 0.6 is 0 Å². The van der Waals surface area contributed by atoms with E-state index in [2.05, 4.69) is 10.3 Å². The highest BCUT2D eigenvalue weighted by atomic mass is 16.5. The number of hydrogen-bond donors (Lipinski definition) is 1. The van der Waals surface area contributed by atoms with Crippen molar-refractivity contribution in [2.75, 3.05) is 5.32 Å².